The van der Waals surface area contributed by atoms with E-state index < -0.39 is 0 Å². The van der Waals surface area contributed by atoms with Crippen LogP contribution in [0.25, 0.3) is 0 Å². The zero-order valence-electron chi connectivity index (χ0n) is 13.5. The topological polar surface area (TPSA) is 24.8 Å². The average molecular weight is 306 g/mol. The van der Waals surface area contributed by atoms with Crippen LogP contribution in [0.1, 0.15) is 18.4 Å². The van der Waals surface area contributed by atoms with E-state index in [-0.39, 0.29) is 11.5 Å². The quantitative estimate of drug-likeness (QED) is 0.745. The predicted molar refractivity (Wildman–Crippen MR) is 90.2 cm³/mol. The normalized spacial score (nSPS) is 48.8. The standard InChI is InChI=1S/C20H22N2O/c1-3-13-17-12-8-11-10-23-18(12)19-20(13,9-16(11)22(17)2)14-6-4-5-7-15(14)21-19/h3-7,11-13,16-18H,1,8-10H2,2H3/t11-,12-,13-,16+,17+,18-,20+/m0/s1. The molecule has 0 amide bonds. The van der Waals surface area contributed by atoms with Gasteiger partial charge in [-0.1, -0.05) is 24.3 Å². The van der Waals surface area contributed by atoms with Crippen LogP contribution in [0.5, 0.6) is 0 Å². The van der Waals surface area contributed by atoms with Crippen LogP contribution >= 0.6 is 0 Å². The first kappa shape index (κ1) is 12.9. The molecule has 0 aromatic heterocycles. The lowest BCUT2D eigenvalue weighted by Crippen LogP contribution is -2.76. The summed E-state index contributed by atoms with van der Waals surface area (Å²) in [7, 11) is 2.34. The minimum atomic E-state index is 0.0421. The first-order valence-corrected chi connectivity index (χ1v) is 8.90. The fourth-order valence-corrected chi connectivity index (χ4v) is 6.74. The number of ether oxygens (including phenoxy) is 1. The van der Waals surface area contributed by atoms with Crippen LogP contribution in [0, 0.1) is 17.8 Å². The molecule has 1 aromatic carbocycles. The van der Waals surface area contributed by atoms with E-state index in [9.17, 15) is 0 Å². The predicted octanol–water partition coefficient (Wildman–Crippen LogP) is 2.93. The molecule has 6 rings (SSSR count). The molecule has 3 nitrogen and oxygen atoms in total. The lowest BCUT2D eigenvalue weighted by molar-refractivity contribution is -0.170. The molecule has 7 atom stereocenters. The van der Waals surface area contributed by atoms with Gasteiger partial charge in [0.25, 0.3) is 0 Å². The Bertz CT molecular complexity index is 756. The molecular weight excluding hydrogens is 284 g/mol. The maximum Gasteiger partial charge on any atom is 0.101 e. The lowest BCUT2D eigenvalue weighted by atomic mass is 9.47. The second kappa shape index (κ2) is 3.96. The van der Waals surface area contributed by atoms with Crippen molar-refractivity contribution in [1.82, 2.24) is 4.90 Å². The van der Waals surface area contributed by atoms with Crippen molar-refractivity contribution in [2.75, 3.05) is 13.7 Å². The van der Waals surface area contributed by atoms with Gasteiger partial charge in [0.15, 0.2) is 0 Å². The van der Waals surface area contributed by atoms with E-state index in [2.05, 4.69) is 48.9 Å². The van der Waals surface area contributed by atoms with Gasteiger partial charge in [-0.15, -0.1) is 6.58 Å². The van der Waals surface area contributed by atoms with Crippen molar-refractivity contribution < 1.29 is 4.74 Å². The highest BCUT2D eigenvalue weighted by Crippen LogP contribution is 2.63. The molecule has 1 aromatic rings. The van der Waals surface area contributed by atoms with Crippen molar-refractivity contribution in [3.63, 3.8) is 0 Å². The third-order valence-corrected chi connectivity index (χ3v) is 7.50. The van der Waals surface area contributed by atoms with Crippen LogP contribution in [0.3, 0.4) is 0 Å². The van der Waals surface area contributed by atoms with Gasteiger partial charge in [-0.2, -0.15) is 0 Å². The summed E-state index contributed by atoms with van der Waals surface area (Å²) in [6.45, 7) is 5.16. The van der Waals surface area contributed by atoms with Crippen molar-refractivity contribution in [2.24, 2.45) is 22.7 Å². The fourth-order valence-electron chi connectivity index (χ4n) is 6.74. The highest BCUT2D eigenvalue weighted by atomic mass is 16.5. The number of nitrogens with zero attached hydrogens (tertiary/aromatic N) is 2. The van der Waals surface area contributed by atoms with E-state index in [1.54, 1.807) is 0 Å². The summed E-state index contributed by atoms with van der Waals surface area (Å²) in [6, 6.07) is 9.93. The Balaban J connectivity index is 1.68. The SMILES string of the molecule is C=C[C@H]1[C@H]2[C@@H]3C[C@H]4CO[C@@H]3C3=Nc5ccccc5[C@]31C[C@H]4N2C. The molecule has 0 radical (unpaired) electrons. The molecule has 3 heteroatoms. The van der Waals surface area contributed by atoms with Gasteiger partial charge in [0, 0.05) is 29.3 Å². The van der Waals surface area contributed by atoms with Gasteiger partial charge < -0.3 is 4.74 Å². The third-order valence-electron chi connectivity index (χ3n) is 7.50. The van der Waals surface area contributed by atoms with Crippen molar-refractivity contribution in [2.45, 2.75) is 36.4 Å². The molecular formula is C20H22N2O. The van der Waals surface area contributed by atoms with Crippen molar-refractivity contribution >= 4 is 11.4 Å². The molecule has 4 heterocycles. The maximum absolute atomic E-state index is 6.41. The Morgan fingerprint density at radius 1 is 1.39 bits per heavy atom. The number of aliphatic imine (C=N–C) groups is 1. The van der Waals surface area contributed by atoms with Gasteiger partial charge in [0.2, 0.25) is 0 Å². The van der Waals surface area contributed by atoms with Crippen LogP contribution < -0.4 is 0 Å². The van der Waals surface area contributed by atoms with Crippen LogP contribution in [0.4, 0.5) is 5.69 Å². The summed E-state index contributed by atoms with van der Waals surface area (Å²) in [5.74, 6) is 1.73. The van der Waals surface area contributed by atoms with Gasteiger partial charge >= 0.3 is 0 Å². The Kier molecular flexibility index (Phi) is 2.22. The van der Waals surface area contributed by atoms with Crippen LogP contribution in [-0.4, -0.2) is 42.5 Å². The van der Waals surface area contributed by atoms with Gasteiger partial charge in [-0.25, -0.2) is 0 Å². The molecule has 5 aliphatic rings. The molecule has 0 N–H and O–H groups in total. The molecule has 1 aliphatic carbocycles. The van der Waals surface area contributed by atoms with Crippen LogP contribution in [0.2, 0.25) is 0 Å². The highest BCUT2D eigenvalue weighted by Gasteiger charge is 2.69. The summed E-state index contributed by atoms with van der Waals surface area (Å²) < 4.78 is 6.41. The summed E-state index contributed by atoms with van der Waals surface area (Å²) in [5.41, 5.74) is 3.96. The molecule has 3 saturated heterocycles. The number of hydrogen-bond donors (Lipinski definition) is 0. The maximum atomic E-state index is 6.41. The molecule has 1 spiro atoms. The van der Waals surface area contributed by atoms with Crippen molar-refractivity contribution in [1.29, 1.82) is 0 Å². The molecule has 5 bridgehead atoms. The number of rotatable bonds is 1. The molecule has 23 heavy (non-hydrogen) atoms. The van der Waals surface area contributed by atoms with E-state index in [1.807, 2.05) is 0 Å². The van der Waals surface area contributed by atoms with Gasteiger partial charge in [0.1, 0.15) is 6.10 Å². The monoisotopic (exact) mass is 306 g/mol. The number of fused-ring (bicyclic) bond motifs is 5. The van der Waals surface area contributed by atoms with Gasteiger partial charge in [-0.3, -0.25) is 9.89 Å². The molecule has 4 fully saturated rings. The van der Waals surface area contributed by atoms with E-state index >= 15 is 0 Å². The summed E-state index contributed by atoms with van der Waals surface area (Å²) in [6.07, 6.45) is 4.92. The lowest BCUT2D eigenvalue weighted by Gasteiger charge is -2.68. The largest absolute Gasteiger partial charge is 0.372 e. The van der Waals surface area contributed by atoms with Crippen molar-refractivity contribution in [3.05, 3.63) is 42.5 Å². The second-order valence-corrected chi connectivity index (χ2v) is 8.09. The number of piperidine rings is 2. The number of benzene rings is 1. The van der Waals surface area contributed by atoms with Crippen molar-refractivity contribution in [3.8, 4) is 0 Å². The molecule has 0 unspecified atom stereocenters. The van der Waals surface area contributed by atoms with E-state index in [4.69, 9.17) is 9.73 Å². The van der Waals surface area contributed by atoms with Crippen LogP contribution in [-0.2, 0) is 10.2 Å². The Morgan fingerprint density at radius 2 is 2.26 bits per heavy atom. The Hall–Kier alpha value is -1.45. The summed E-state index contributed by atoms with van der Waals surface area (Å²) in [4.78, 5) is 7.80. The van der Waals surface area contributed by atoms with Crippen LogP contribution in [0.15, 0.2) is 41.9 Å². The number of hydrogen-bond acceptors (Lipinski definition) is 3. The van der Waals surface area contributed by atoms with E-state index in [0.29, 0.717) is 29.8 Å². The Labute approximate surface area is 137 Å². The first-order valence-electron chi connectivity index (χ1n) is 8.90. The molecule has 1 saturated carbocycles. The van der Waals surface area contributed by atoms with Gasteiger partial charge in [0.05, 0.1) is 18.0 Å². The molecule has 4 aliphatic heterocycles. The minimum absolute atomic E-state index is 0.0421. The zero-order valence-corrected chi connectivity index (χ0v) is 13.5. The third kappa shape index (κ3) is 1.24. The number of para-hydroxylation sites is 1. The van der Waals surface area contributed by atoms with Gasteiger partial charge in [-0.05, 0) is 37.4 Å². The average Bonchev–Trinajstić information content (AvgIpc) is 2.88. The fraction of sp³-hybridized carbons (Fsp3) is 0.550. The summed E-state index contributed by atoms with van der Waals surface area (Å²) in [5, 5.41) is 0. The first-order chi connectivity index (χ1) is 11.3. The summed E-state index contributed by atoms with van der Waals surface area (Å²) >= 11 is 0. The van der Waals surface area contributed by atoms with E-state index in [1.165, 1.54) is 29.8 Å². The Morgan fingerprint density at radius 3 is 3.13 bits per heavy atom. The highest BCUT2D eigenvalue weighted by molar-refractivity contribution is 6.06. The second-order valence-electron chi connectivity index (χ2n) is 8.09. The minimum Gasteiger partial charge on any atom is -0.372 e. The molecule has 118 valence electrons. The zero-order chi connectivity index (χ0) is 15.3. The smallest absolute Gasteiger partial charge is 0.101 e. The van der Waals surface area contributed by atoms with E-state index in [0.717, 1.165) is 6.61 Å².